The lowest BCUT2D eigenvalue weighted by atomic mass is 9.93. The molecule has 1 saturated carbocycles. The number of ether oxygens (including phenoxy) is 1. The molecule has 3 heterocycles. The predicted molar refractivity (Wildman–Crippen MR) is 103 cm³/mol. The third-order valence-electron chi connectivity index (χ3n) is 6.48. The molecule has 3 aliphatic rings. The molecule has 1 aliphatic carbocycles. The van der Waals surface area contributed by atoms with Crippen molar-refractivity contribution in [1.29, 1.82) is 0 Å². The summed E-state index contributed by atoms with van der Waals surface area (Å²) in [4.78, 5) is 14.7. The van der Waals surface area contributed by atoms with Crippen molar-refractivity contribution >= 4 is 11.9 Å². The monoisotopic (exact) mass is 382 g/mol. The van der Waals surface area contributed by atoms with E-state index in [-0.39, 0.29) is 18.0 Å². The predicted octanol–water partition coefficient (Wildman–Crippen LogP) is 3.09. The number of rotatable bonds is 4. The number of hydrogen-bond donors (Lipinski definition) is 1. The van der Waals surface area contributed by atoms with Gasteiger partial charge in [0.2, 0.25) is 11.8 Å². The molecule has 2 aliphatic heterocycles. The molecule has 2 fully saturated rings. The number of benzene rings is 1. The van der Waals surface area contributed by atoms with Crippen LogP contribution >= 0.6 is 0 Å². The molecule has 28 heavy (non-hydrogen) atoms. The number of amides is 1. The molecule has 1 amide bonds. The van der Waals surface area contributed by atoms with Crippen LogP contribution in [0, 0.1) is 5.41 Å². The van der Waals surface area contributed by atoms with Crippen LogP contribution in [0.4, 0.5) is 6.01 Å². The van der Waals surface area contributed by atoms with E-state index in [9.17, 15) is 4.79 Å². The molecule has 0 bridgehead atoms. The average molecular weight is 382 g/mol. The van der Waals surface area contributed by atoms with Crippen LogP contribution in [0.25, 0.3) is 0 Å². The van der Waals surface area contributed by atoms with Gasteiger partial charge in [0.25, 0.3) is 0 Å². The highest BCUT2D eigenvalue weighted by molar-refractivity contribution is 5.83. The number of nitrogens with one attached hydrogen (secondary N) is 1. The second kappa shape index (κ2) is 6.88. The number of hydrogen-bond acceptors (Lipinski definition) is 6. The van der Waals surface area contributed by atoms with Crippen molar-refractivity contribution in [3.05, 3.63) is 41.3 Å². The van der Waals surface area contributed by atoms with E-state index in [4.69, 9.17) is 9.15 Å². The van der Waals surface area contributed by atoms with Gasteiger partial charge in [0.05, 0.1) is 6.61 Å². The minimum absolute atomic E-state index is 0.0955. The Morgan fingerprint density at radius 3 is 2.68 bits per heavy atom. The number of carbonyl (C=O) groups excluding carboxylic acids is 1. The lowest BCUT2D eigenvalue weighted by Crippen LogP contribution is -2.45. The lowest BCUT2D eigenvalue weighted by Gasteiger charge is -2.33. The first-order chi connectivity index (χ1) is 13.6. The highest BCUT2D eigenvalue weighted by Gasteiger charge is 2.45. The highest BCUT2D eigenvalue weighted by atomic mass is 16.5. The van der Waals surface area contributed by atoms with Gasteiger partial charge in [0.15, 0.2) is 0 Å². The Kier molecular flexibility index (Phi) is 4.34. The van der Waals surface area contributed by atoms with E-state index in [1.807, 2.05) is 24.0 Å². The fraction of sp³-hybridized carbons (Fsp3) is 0.571. The fourth-order valence-electron chi connectivity index (χ4n) is 4.33. The van der Waals surface area contributed by atoms with Crippen molar-refractivity contribution in [1.82, 2.24) is 15.1 Å². The minimum Gasteiger partial charge on any atom is -0.405 e. The summed E-state index contributed by atoms with van der Waals surface area (Å²) in [5.74, 6) is 0.545. The zero-order chi connectivity index (χ0) is 19.1. The standard InChI is InChI=1S/C21H26N4O3/c1-14(19(26)25-10-8-21(6-7-21)9-11-25)22-20-24-23-18(28-20)17-12-15-4-2-3-5-16(15)13-27-17/h2-5,14,17H,6-13H2,1H3,(H,22,24)/t14-,17+/m0/s1. The summed E-state index contributed by atoms with van der Waals surface area (Å²) in [6.45, 7) is 4.10. The summed E-state index contributed by atoms with van der Waals surface area (Å²) in [5, 5.41) is 11.3. The van der Waals surface area contributed by atoms with E-state index in [1.54, 1.807) is 0 Å². The summed E-state index contributed by atoms with van der Waals surface area (Å²) in [6.07, 6.45) is 5.40. The molecule has 148 valence electrons. The van der Waals surface area contributed by atoms with Gasteiger partial charge >= 0.3 is 6.01 Å². The number of nitrogens with zero attached hydrogens (tertiary/aromatic N) is 3. The molecule has 0 radical (unpaired) electrons. The van der Waals surface area contributed by atoms with Gasteiger partial charge < -0.3 is 19.4 Å². The van der Waals surface area contributed by atoms with Gasteiger partial charge in [0, 0.05) is 19.5 Å². The van der Waals surface area contributed by atoms with Gasteiger partial charge in [-0.2, -0.15) is 0 Å². The van der Waals surface area contributed by atoms with Crippen LogP contribution in [-0.4, -0.2) is 40.1 Å². The van der Waals surface area contributed by atoms with Crippen LogP contribution in [-0.2, 0) is 22.6 Å². The summed E-state index contributed by atoms with van der Waals surface area (Å²) in [7, 11) is 0. The molecule has 7 heteroatoms. The van der Waals surface area contributed by atoms with Gasteiger partial charge in [-0.25, -0.2) is 0 Å². The van der Waals surface area contributed by atoms with Gasteiger partial charge in [-0.3, -0.25) is 4.79 Å². The first-order valence-electron chi connectivity index (χ1n) is 10.2. The third-order valence-corrected chi connectivity index (χ3v) is 6.48. The van der Waals surface area contributed by atoms with E-state index in [0.29, 0.717) is 24.3 Å². The van der Waals surface area contributed by atoms with E-state index in [1.165, 1.54) is 24.0 Å². The Morgan fingerprint density at radius 2 is 1.93 bits per heavy atom. The molecule has 1 N–H and O–H groups in total. The molecule has 2 aromatic rings. The number of anilines is 1. The molecule has 1 saturated heterocycles. The maximum atomic E-state index is 12.7. The molecule has 0 unspecified atom stereocenters. The number of likely N-dealkylation sites (tertiary alicyclic amines) is 1. The fourth-order valence-corrected chi connectivity index (χ4v) is 4.33. The van der Waals surface area contributed by atoms with Crippen molar-refractivity contribution in [3.8, 4) is 0 Å². The Morgan fingerprint density at radius 1 is 1.18 bits per heavy atom. The lowest BCUT2D eigenvalue weighted by molar-refractivity contribution is -0.133. The molecule has 1 aromatic carbocycles. The van der Waals surface area contributed by atoms with Crippen LogP contribution in [0.3, 0.4) is 0 Å². The minimum atomic E-state index is -0.394. The molecule has 1 aromatic heterocycles. The van der Waals surface area contributed by atoms with E-state index < -0.39 is 6.04 Å². The Bertz CT molecular complexity index is 866. The summed E-state index contributed by atoms with van der Waals surface area (Å²) >= 11 is 0. The van der Waals surface area contributed by atoms with Crippen molar-refractivity contribution in [2.45, 2.75) is 57.8 Å². The van der Waals surface area contributed by atoms with Crippen molar-refractivity contribution in [2.24, 2.45) is 5.41 Å². The van der Waals surface area contributed by atoms with Crippen LogP contribution in [0.1, 0.15) is 55.7 Å². The molecule has 2 atom stereocenters. The Labute approximate surface area is 164 Å². The second-order valence-corrected chi connectivity index (χ2v) is 8.41. The largest absolute Gasteiger partial charge is 0.405 e. The zero-order valence-corrected chi connectivity index (χ0v) is 16.2. The van der Waals surface area contributed by atoms with E-state index in [2.05, 4.69) is 27.6 Å². The quantitative estimate of drug-likeness (QED) is 0.875. The van der Waals surface area contributed by atoms with Crippen molar-refractivity contribution in [3.63, 3.8) is 0 Å². The van der Waals surface area contributed by atoms with Crippen LogP contribution in [0.5, 0.6) is 0 Å². The second-order valence-electron chi connectivity index (χ2n) is 8.41. The van der Waals surface area contributed by atoms with Gasteiger partial charge in [-0.15, -0.1) is 5.10 Å². The summed E-state index contributed by atoms with van der Waals surface area (Å²) < 4.78 is 11.6. The molecular formula is C21H26N4O3. The van der Waals surface area contributed by atoms with E-state index in [0.717, 1.165) is 25.9 Å². The molecular weight excluding hydrogens is 356 g/mol. The topological polar surface area (TPSA) is 80.5 Å². The van der Waals surface area contributed by atoms with E-state index >= 15 is 0 Å². The molecule has 1 spiro atoms. The molecule has 7 nitrogen and oxygen atoms in total. The van der Waals surface area contributed by atoms with Crippen molar-refractivity contribution < 1.29 is 13.9 Å². The smallest absolute Gasteiger partial charge is 0.316 e. The summed E-state index contributed by atoms with van der Waals surface area (Å²) in [5.41, 5.74) is 3.01. The highest BCUT2D eigenvalue weighted by Crippen LogP contribution is 2.53. The first kappa shape index (κ1) is 17.7. The SMILES string of the molecule is C[C@H](Nc1nnc([C@H]2Cc3ccccc3CO2)o1)C(=O)N1CCC2(CC1)CC2. The van der Waals surface area contributed by atoms with Gasteiger partial charge in [-0.05, 0) is 49.1 Å². The van der Waals surface area contributed by atoms with Crippen LogP contribution in [0.15, 0.2) is 28.7 Å². The first-order valence-corrected chi connectivity index (χ1v) is 10.2. The van der Waals surface area contributed by atoms with Gasteiger partial charge in [0.1, 0.15) is 12.1 Å². The average Bonchev–Trinajstić information content (AvgIpc) is 3.31. The molecule has 5 rings (SSSR count). The maximum absolute atomic E-state index is 12.7. The third kappa shape index (κ3) is 3.39. The number of fused-ring (bicyclic) bond motifs is 1. The number of aromatic nitrogens is 2. The summed E-state index contributed by atoms with van der Waals surface area (Å²) in [6, 6.07) is 8.10. The van der Waals surface area contributed by atoms with Crippen LogP contribution < -0.4 is 5.32 Å². The number of piperidine rings is 1. The Hall–Kier alpha value is -2.41. The van der Waals surface area contributed by atoms with Crippen LogP contribution in [0.2, 0.25) is 0 Å². The van der Waals surface area contributed by atoms with Gasteiger partial charge in [-0.1, -0.05) is 29.4 Å². The Balaban J connectivity index is 1.19. The zero-order valence-electron chi connectivity index (χ0n) is 16.2. The number of carbonyl (C=O) groups is 1. The normalized spacial score (nSPS) is 23.9. The van der Waals surface area contributed by atoms with Crippen molar-refractivity contribution in [2.75, 3.05) is 18.4 Å². The maximum Gasteiger partial charge on any atom is 0.316 e.